The van der Waals surface area contributed by atoms with Crippen LogP contribution in [0.2, 0.25) is 0 Å². The lowest BCUT2D eigenvalue weighted by atomic mass is 10.2. The third kappa shape index (κ3) is 5.91. The first kappa shape index (κ1) is 13.5. The molecule has 1 amide bonds. The van der Waals surface area contributed by atoms with E-state index < -0.39 is 11.6 Å². The molecule has 0 spiro atoms. The van der Waals surface area contributed by atoms with Gasteiger partial charge >= 0.3 is 5.97 Å². The van der Waals surface area contributed by atoms with Crippen LogP contribution in [0.4, 0.5) is 5.13 Å². The Bertz CT molecular complexity index is 385. The second-order valence-electron chi connectivity index (χ2n) is 4.30. The van der Waals surface area contributed by atoms with Crippen molar-refractivity contribution in [2.24, 2.45) is 0 Å². The van der Waals surface area contributed by atoms with Crippen molar-refractivity contribution in [1.82, 2.24) is 14.8 Å². The molecule has 0 aliphatic heterocycles. The molecule has 0 saturated heterocycles. The topological polar surface area (TPSA) is 94.1 Å². The fourth-order valence-electron chi connectivity index (χ4n) is 0.972. The van der Waals surface area contributed by atoms with Gasteiger partial charge in [0.25, 0.3) is 0 Å². The normalized spacial score (nSPS) is 11.0. The minimum absolute atomic E-state index is 0.0370. The number of anilines is 1. The molecule has 94 valence electrons. The van der Waals surface area contributed by atoms with Crippen molar-refractivity contribution in [3.8, 4) is 0 Å². The Hall–Kier alpha value is -1.57. The Morgan fingerprint density at radius 1 is 1.35 bits per heavy atom. The number of hydrogen-bond acceptors (Lipinski definition) is 7. The highest BCUT2D eigenvalue weighted by molar-refractivity contribution is 7.09. The molecule has 1 heterocycles. The molecule has 8 heteroatoms. The summed E-state index contributed by atoms with van der Waals surface area (Å²) < 4.78 is 8.56. The van der Waals surface area contributed by atoms with Gasteiger partial charge in [-0.2, -0.15) is 0 Å². The van der Waals surface area contributed by atoms with Gasteiger partial charge in [-0.05, 0) is 26.0 Å². The van der Waals surface area contributed by atoms with Crippen LogP contribution in [0.15, 0.2) is 0 Å². The first-order valence-electron chi connectivity index (χ1n) is 5.03. The molecule has 1 N–H and O–H groups in total. The molecular weight excluding hydrogens is 244 g/mol. The lowest BCUT2D eigenvalue weighted by molar-refractivity contribution is -0.155. The van der Waals surface area contributed by atoms with E-state index in [4.69, 9.17) is 4.74 Å². The van der Waals surface area contributed by atoms with Crippen molar-refractivity contribution in [1.29, 1.82) is 0 Å². The van der Waals surface area contributed by atoms with E-state index in [9.17, 15) is 9.59 Å². The molecular formula is C9H14N4O3S. The van der Waals surface area contributed by atoms with E-state index in [0.717, 1.165) is 11.5 Å². The first-order valence-corrected chi connectivity index (χ1v) is 5.81. The fraction of sp³-hybridized carbons (Fsp3) is 0.667. The van der Waals surface area contributed by atoms with Crippen LogP contribution in [-0.2, 0) is 14.3 Å². The monoisotopic (exact) mass is 258 g/mol. The highest BCUT2D eigenvalue weighted by Gasteiger charge is 2.17. The van der Waals surface area contributed by atoms with Crippen molar-refractivity contribution in [2.45, 2.75) is 39.2 Å². The van der Waals surface area contributed by atoms with Crippen molar-refractivity contribution >= 4 is 28.5 Å². The van der Waals surface area contributed by atoms with Crippen LogP contribution in [0, 0.1) is 0 Å². The maximum absolute atomic E-state index is 11.4. The lowest BCUT2D eigenvalue weighted by Gasteiger charge is -2.19. The number of carbonyl (C=O) groups is 2. The van der Waals surface area contributed by atoms with Crippen LogP contribution in [0.3, 0.4) is 0 Å². The summed E-state index contributed by atoms with van der Waals surface area (Å²) in [5, 5.41) is 9.68. The number of amides is 1. The highest BCUT2D eigenvalue weighted by atomic mass is 32.1. The summed E-state index contributed by atoms with van der Waals surface area (Å²) in [4.78, 5) is 22.7. The van der Waals surface area contributed by atoms with Crippen LogP contribution in [0.1, 0.15) is 33.6 Å². The molecule has 1 aromatic rings. The first-order chi connectivity index (χ1) is 7.87. The summed E-state index contributed by atoms with van der Waals surface area (Å²) in [5.41, 5.74) is -0.531. The smallest absolute Gasteiger partial charge is 0.306 e. The van der Waals surface area contributed by atoms with Gasteiger partial charge in [-0.25, -0.2) is 0 Å². The van der Waals surface area contributed by atoms with Gasteiger partial charge in [-0.1, -0.05) is 9.59 Å². The Kier molecular flexibility index (Phi) is 4.50. The molecule has 0 atom stereocenters. The Labute approximate surface area is 103 Å². The van der Waals surface area contributed by atoms with E-state index in [1.165, 1.54) is 0 Å². The van der Waals surface area contributed by atoms with Gasteiger partial charge in [0.1, 0.15) is 5.60 Å². The number of hydrogen-bond donors (Lipinski definition) is 1. The van der Waals surface area contributed by atoms with Gasteiger partial charge in [0.15, 0.2) is 0 Å². The second-order valence-corrected chi connectivity index (χ2v) is 5.03. The van der Waals surface area contributed by atoms with Crippen molar-refractivity contribution in [3.05, 3.63) is 0 Å². The van der Waals surface area contributed by atoms with E-state index in [1.807, 2.05) is 0 Å². The molecule has 1 rings (SSSR count). The van der Waals surface area contributed by atoms with E-state index in [0.29, 0.717) is 5.13 Å². The number of rotatable bonds is 4. The minimum atomic E-state index is -0.531. The summed E-state index contributed by atoms with van der Waals surface area (Å²) in [6.45, 7) is 5.33. The minimum Gasteiger partial charge on any atom is -0.460 e. The van der Waals surface area contributed by atoms with Crippen LogP contribution < -0.4 is 5.32 Å². The van der Waals surface area contributed by atoms with Gasteiger partial charge in [0.2, 0.25) is 11.0 Å². The summed E-state index contributed by atoms with van der Waals surface area (Å²) >= 11 is 0.975. The maximum atomic E-state index is 11.4. The van der Waals surface area contributed by atoms with Crippen LogP contribution in [-0.4, -0.2) is 32.3 Å². The zero-order valence-corrected chi connectivity index (χ0v) is 10.7. The Morgan fingerprint density at radius 2 is 2.06 bits per heavy atom. The van der Waals surface area contributed by atoms with E-state index in [-0.39, 0.29) is 18.7 Å². The average Bonchev–Trinajstić information content (AvgIpc) is 2.64. The number of nitrogens with one attached hydrogen (secondary N) is 1. The quantitative estimate of drug-likeness (QED) is 0.809. The van der Waals surface area contributed by atoms with E-state index >= 15 is 0 Å². The Balaban J connectivity index is 2.26. The van der Waals surface area contributed by atoms with Gasteiger partial charge in [0, 0.05) is 18.0 Å². The second kappa shape index (κ2) is 5.67. The molecule has 0 saturated carbocycles. The third-order valence-electron chi connectivity index (χ3n) is 1.52. The number of carbonyl (C=O) groups excluding carboxylic acids is 2. The molecule has 0 bridgehead atoms. The van der Waals surface area contributed by atoms with Crippen molar-refractivity contribution < 1.29 is 14.3 Å². The molecule has 7 nitrogen and oxygen atoms in total. The molecule has 0 radical (unpaired) electrons. The molecule has 0 aliphatic rings. The largest absolute Gasteiger partial charge is 0.460 e. The summed E-state index contributed by atoms with van der Waals surface area (Å²) in [6.07, 6.45) is 0.0871. The van der Waals surface area contributed by atoms with E-state index in [2.05, 4.69) is 20.1 Å². The summed E-state index contributed by atoms with van der Waals surface area (Å²) in [6, 6.07) is 0. The number of nitrogens with zero attached hydrogens (tertiary/aromatic N) is 3. The van der Waals surface area contributed by atoms with Gasteiger partial charge in [-0.15, -0.1) is 0 Å². The number of esters is 1. The third-order valence-corrected chi connectivity index (χ3v) is 2.03. The number of aromatic nitrogens is 3. The average molecular weight is 258 g/mol. The standard InChI is InChI=1S/C9H14N4O3S/c1-9(2,3)16-7(15)5-4-6(14)10-8-11-12-13-17-8/h4-5H2,1-3H3,(H,10,11,13,14). The molecule has 0 unspecified atom stereocenters. The van der Waals surface area contributed by atoms with Gasteiger partial charge in [0.05, 0.1) is 6.42 Å². The molecule has 17 heavy (non-hydrogen) atoms. The zero-order valence-electron chi connectivity index (χ0n) is 9.89. The highest BCUT2D eigenvalue weighted by Crippen LogP contribution is 2.10. The Morgan fingerprint density at radius 3 is 2.59 bits per heavy atom. The maximum Gasteiger partial charge on any atom is 0.306 e. The SMILES string of the molecule is CC(C)(C)OC(=O)CCC(=O)Nc1nnns1. The predicted octanol–water partition coefficient (Wildman–Crippen LogP) is 0.993. The van der Waals surface area contributed by atoms with Gasteiger partial charge < -0.3 is 4.74 Å². The van der Waals surface area contributed by atoms with Gasteiger partial charge in [-0.3, -0.25) is 14.9 Å². The fourth-order valence-corrected chi connectivity index (χ4v) is 1.35. The van der Waals surface area contributed by atoms with Crippen molar-refractivity contribution in [3.63, 3.8) is 0 Å². The molecule has 0 aromatic carbocycles. The summed E-state index contributed by atoms with van der Waals surface area (Å²) in [7, 11) is 0. The molecule has 0 aliphatic carbocycles. The van der Waals surface area contributed by atoms with Crippen LogP contribution >= 0.6 is 11.5 Å². The molecule has 1 aromatic heterocycles. The molecule has 0 fully saturated rings. The van der Waals surface area contributed by atoms with Crippen LogP contribution in [0.25, 0.3) is 0 Å². The lowest BCUT2D eigenvalue weighted by Crippen LogP contribution is -2.24. The summed E-state index contributed by atoms with van der Waals surface area (Å²) in [5.74, 6) is -0.711. The van der Waals surface area contributed by atoms with E-state index in [1.54, 1.807) is 20.8 Å². The number of ether oxygens (including phenoxy) is 1. The van der Waals surface area contributed by atoms with Crippen molar-refractivity contribution in [2.75, 3.05) is 5.32 Å². The zero-order chi connectivity index (χ0) is 12.9. The van der Waals surface area contributed by atoms with Crippen LogP contribution in [0.5, 0.6) is 0 Å². The predicted molar refractivity (Wildman–Crippen MR) is 61.4 cm³/mol.